The number of benzene rings is 2. The molecule has 0 saturated carbocycles. The highest BCUT2D eigenvalue weighted by molar-refractivity contribution is 6.10. The molecule has 1 saturated heterocycles. The van der Waals surface area contributed by atoms with Gasteiger partial charge in [0.05, 0.1) is 0 Å². The van der Waals surface area contributed by atoms with Crippen LogP contribution in [0.1, 0.15) is 70.2 Å². The van der Waals surface area contributed by atoms with Gasteiger partial charge in [-0.05, 0) is 70.2 Å². The van der Waals surface area contributed by atoms with E-state index in [0.717, 1.165) is 31.2 Å². The van der Waals surface area contributed by atoms with Crippen molar-refractivity contribution in [2.75, 3.05) is 19.6 Å². The Morgan fingerprint density at radius 3 is 2.43 bits per heavy atom. The maximum Gasteiger partial charge on any atom is 0.410 e. The number of likely N-dealkylation sites (tertiary alicyclic amines) is 1. The van der Waals surface area contributed by atoms with Crippen LogP contribution >= 0.6 is 0 Å². The predicted molar refractivity (Wildman–Crippen MR) is 142 cm³/mol. The molecule has 1 aliphatic heterocycles. The minimum absolute atomic E-state index is 0.0377. The number of nitrogens with zero attached hydrogens (tertiary/aromatic N) is 2. The highest BCUT2D eigenvalue weighted by atomic mass is 16.6. The summed E-state index contributed by atoms with van der Waals surface area (Å²) in [6, 6.07) is 14.5. The Bertz CT molecular complexity index is 1180. The standard InChI is InChI=1S/C29H39N3O3/c1-5-6-9-16-32-25-11-8-7-10-23(25)24-19-22(12-13-26(24)32)27(33)30-20-21-14-17-31(18-15-21)28(34)35-29(2,3)4/h7-8,10-13,19,21H,5-6,9,14-18,20H2,1-4H3,(H,30,33). The molecule has 2 aromatic carbocycles. The second kappa shape index (κ2) is 10.7. The first kappa shape index (κ1) is 25.1. The van der Waals surface area contributed by atoms with Crippen LogP contribution in [-0.2, 0) is 11.3 Å². The van der Waals surface area contributed by atoms with Gasteiger partial charge in [0.15, 0.2) is 0 Å². The SMILES string of the molecule is CCCCCn1c2ccccc2c2cc(C(=O)NCC3CCN(C(=O)OC(C)(C)C)CC3)ccc21. The van der Waals surface area contributed by atoms with Crippen molar-refractivity contribution in [3.05, 3.63) is 48.0 Å². The monoisotopic (exact) mass is 477 g/mol. The minimum atomic E-state index is -0.481. The largest absolute Gasteiger partial charge is 0.444 e. The lowest BCUT2D eigenvalue weighted by Crippen LogP contribution is -2.43. The highest BCUT2D eigenvalue weighted by Crippen LogP contribution is 2.30. The van der Waals surface area contributed by atoms with Crippen LogP contribution in [0.4, 0.5) is 4.79 Å². The van der Waals surface area contributed by atoms with Crippen LogP contribution in [-0.4, -0.2) is 46.7 Å². The third kappa shape index (κ3) is 5.98. The number of carbonyl (C=O) groups is 2. The lowest BCUT2D eigenvalue weighted by atomic mass is 9.97. The second-order valence-electron chi connectivity index (χ2n) is 10.7. The minimum Gasteiger partial charge on any atom is -0.444 e. The lowest BCUT2D eigenvalue weighted by Gasteiger charge is -2.33. The van der Waals surface area contributed by atoms with Gasteiger partial charge in [-0.15, -0.1) is 0 Å². The van der Waals surface area contributed by atoms with Crippen LogP contribution in [0.15, 0.2) is 42.5 Å². The Labute approximate surface area is 208 Å². The van der Waals surface area contributed by atoms with Crippen molar-refractivity contribution in [3.63, 3.8) is 0 Å². The molecule has 4 rings (SSSR count). The van der Waals surface area contributed by atoms with Crippen LogP contribution in [0.25, 0.3) is 21.8 Å². The van der Waals surface area contributed by atoms with E-state index in [1.165, 1.54) is 29.3 Å². The molecule has 1 fully saturated rings. The van der Waals surface area contributed by atoms with E-state index < -0.39 is 5.60 Å². The number of carbonyl (C=O) groups excluding carboxylic acids is 2. The third-order valence-corrected chi connectivity index (χ3v) is 6.84. The number of aryl methyl sites for hydroxylation is 1. The van der Waals surface area contributed by atoms with Crippen LogP contribution in [0.2, 0.25) is 0 Å². The summed E-state index contributed by atoms with van der Waals surface area (Å²) < 4.78 is 7.87. The first-order chi connectivity index (χ1) is 16.8. The zero-order chi connectivity index (χ0) is 25.0. The third-order valence-electron chi connectivity index (χ3n) is 6.84. The first-order valence-electron chi connectivity index (χ1n) is 13.0. The van der Waals surface area contributed by atoms with Gasteiger partial charge in [-0.2, -0.15) is 0 Å². The summed E-state index contributed by atoms with van der Waals surface area (Å²) in [5.41, 5.74) is 2.63. The number of rotatable bonds is 7. The maximum atomic E-state index is 13.0. The molecule has 188 valence electrons. The molecule has 2 heterocycles. The van der Waals surface area contributed by atoms with E-state index in [4.69, 9.17) is 4.74 Å². The fraction of sp³-hybridized carbons (Fsp3) is 0.517. The van der Waals surface area contributed by atoms with E-state index in [1.54, 1.807) is 4.90 Å². The molecule has 35 heavy (non-hydrogen) atoms. The van der Waals surface area contributed by atoms with Crippen molar-refractivity contribution in [1.82, 2.24) is 14.8 Å². The summed E-state index contributed by atoms with van der Waals surface area (Å²) in [6.45, 7) is 10.8. The van der Waals surface area contributed by atoms with Crippen LogP contribution in [0.5, 0.6) is 0 Å². The Hall–Kier alpha value is -3.02. The van der Waals surface area contributed by atoms with Crippen molar-refractivity contribution in [2.24, 2.45) is 5.92 Å². The van der Waals surface area contributed by atoms with Gasteiger partial charge in [-0.25, -0.2) is 4.79 Å². The Kier molecular flexibility index (Phi) is 7.68. The Balaban J connectivity index is 1.39. The number of para-hydroxylation sites is 1. The molecule has 0 radical (unpaired) electrons. The molecule has 0 bridgehead atoms. The average molecular weight is 478 g/mol. The van der Waals surface area contributed by atoms with Crippen molar-refractivity contribution in [2.45, 2.75) is 71.9 Å². The Morgan fingerprint density at radius 1 is 1.00 bits per heavy atom. The number of hydrogen-bond donors (Lipinski definition) is 1. The van der Waals surface area contributed by atoms with Crippen molar-refractivity contribution in [1.29, 1.82) is 0 Å². The normalized spacial score (nSPS) is 15.0. The Morgan fingerprint density at radius 2 is 1.71 bits per heavy atom. The number of piperidine rings is 1. The van der Waals surface area contributed by atoms with Gasteiger partial charge in [0.1, 0.15) is 5.60 Å². The molecule has 0 spiro atoms. The summed E-state index contributed by atoms with van der Waals surface area (Å²) >= 11 is 0. The number of nitrogens with one attached hydrogen (secondary N) is 1. The van der Waals surface area contributed by atoms with Crippen LogP contribution in [0.3, 0.4) is 0 Å². The van der Waals surface area contributed by atoms with Gasteiger partial charge in [0.2, 0.25) is 0 Å². The molecule has 1 aromatic heterocycles. The van der Waals surface area contributed by atoms with Crippen molar-refractivity contribution < 1.29 is 14.3 Å². The zero-order valence-electron chi connectivity index (χ0n) is 21.6. The molecule has 6 heteroatoms. The topological polar surface area (TPSA) is 63.6 Å². The van der Waals surface area contributed by atoms with E-state index in [9.17, 15) is 9.59 Å². The molecule has 3 aromatic rings. The molecule has 1 N–H and O–H groups in total. The number of hydrogen-bond acceptors (Lipinski definition) is 3. The molecule has 6 nitrogen and oxygen atoms in total. The summed E-state index contributed by atoms with van der Waals surface area (Å²) in [7, 11) is 0. The quantitative estimate of drug-likeness (QED) is 0.403. The number of aromatic nitrogens is 1. The van der Waals surface area contributed by atoms with E-state index in [0.29, 0.717) is 31.1 Å². The number of fused-ring (bicyclic) bond motifs is 3. The number of ether oxygens (including phenoxy) is 1. The number of unbranched alkanes of at least 4 members (excludes halogenated alkanes) is 2. The molecular weight excluding hydrogens is 438 g/mol. The lowest BCUT2D eigenvalue weighted by molar-refractivity contribution is 0.0183. The summed E-state index contributed by atoms with van der Waals surface area (Å²) in [6.07, 6.45) is 5.04. The molecule has 0 atom stereocenters. The first-order valence-corrected chi connectivity index (χ1v) is 13.0. The predicted octanol–water partition coefficient (Wildman–Crippen LogP) is 6.36. The van der Waals surface area contributed by atoms with Gasteiger partial charge in [0, 0.05) is 53.5 Å². The van der Waals surface area contributed by atoms with Crippen molar-refractivity contribution >= 4 is 33.8 Å². The second-order valence-corrected chi connectivity index (χ2v) is 10.7. The molecule has 0 aliphatic carbocycles. The van der Waals surface area contributed by atoms with E-state index in [1.807, 2.05) is 32.9 Å². The van der Waals surface area contributed by atoms with Crippen LogP contribution < -0.4 is 5.32 Å². The summed E-state index contributed by atoms with van der Waals surface area (Å²) in [5, 5.41) is 5.46. The van der Waals surface area contributed by atoms with E-state index >= 15 is 0 Å². The maximum absolute atomic E-state index is 13.0. The zero-order valence-corrected chi connectivity index (χ0v) is 21.6. The van der Waals surface area contributed by atoms with Gasteiger partial charge in [0.25, 0.3) is 5.91 Å². The van der Waals surface area contributed by atoms with Gasteiger partial charge >= 0.3 is 6.09 Å². The van der Waals surface area contributed by atoms with Gasteiger partial charge < -0.3 is 19.5 Å². The summed E-state index contributed by atoms with van der Waals surface area (Å²) in [4.78, 5) is 27.1. The fourth-order valence-corrected chi connectivity index (χ4v) is 4.94. The van der Waals surface area contributed by atoms with Gasteiger partial charge in [-0.1, -0.05) is 38.0 Å². The van der Waals surface area contributed by atoms with Gasteiger partial charge in [-0.3, -0.25) is 4.79 Å². The summed E-state index contributed by atoms with van der Waals surface area (Å²) in [5.74, 6) is 0.325. The molecule has 1 aliphatic rings. The molecule has 0 unspecified atom stereocenters. The highest BCUT2D eigenvalue weighted by Gasteiger charge is 2.27. The van der Waals surface area contributed by atoms with E-state index in [-0.39, 0.29) is 12.0 Å². The fourth-order valence-electron chi connectivity index (χ4n) is 4.94. The van der Waals surface area contributed by atoms with E-state index in [2.05, 4.69) is 47.1 Å². The smallest absolute Gasteiger partial charge is 0.410 e. The average Bonchev–Trinajstić information content (AvgIpc) is 3.15. The molecule has 2 amide bonds. The molecular formula is C29H39N3O3. The number of amides is 2. The van der Waals surface area contributed by atoms with Crippen molar-refractivity contribution in [3.8, 4) is 0 Å². The van der Waals surface area contributed by atoms with Crippen LogP contribution in [0, 0.1) is 5.92 Å².